The first-order valence-corrected chi connectivity index (χ1v) is 7.51. The van der Waals surface area contributed by atoms with Crippen molar-refractivity contribution in [1.82, 2.24) is 0 Å². The Morgan fingerprint density at radius 3 is 2.11 bits per heavy atom. The van der Waals surface area contributed by atoms with Crippen molar-refractivity contribution in [2.75, 3.05) is 0 Å². The SMILES string of the molecule is C=Cc1ccc(C)c(C(=C)CCC)c1.CC.CCC. The molecule has 0 heterocycles. The molecule has 1 aromatic carbocycles. The monoisotopic (exact) mass is 260 g/mol. The van der Waals surface area contributed by atoms with Crippen LogP contribution in [0.4, 0.5) is 0 Å². The molecule has 0 saturated heterocycles. The van der Waals surface area contributed by atoms with Gasteiger partial charge in [0.1, 0.15) is 0 Å². The molecular weight excluding hydrogens is 228 g/mol. The summed E-state index contributed by atoms with van der Waals surface area (Å²) in [6, 6.07) is 6.39. The molecule has 0 unspecified atom stereocenters. The van der Waals surface area contributed by atoms with E-state index in [1.807, 2.05) is 19.9 Å². The second kappa shape index (κ2) is 13.1. The molecule has 1 aromatic rings. The van der Waals surface area contributed by atoms with E-state index in [0.717, 1.165) is 12.8 Å². The van der Waals surface area contributed by atoms with Crippen LogP contribution in [-0.2, 0) is 0 Å². The van der Waals surface area contributed by atoms with Gasteiger partial charge in [-0.15, -0.1) is 0 Å². The van der Waals surface area contributed by atoms with E-state index >= 15 is 0 Å². The molecule has 19 heavy (non-hydrogen) atoms. The fourth-order valence-electron chi connectivity index (χ4n) is 1.58. The molecule has 0 bridgehead atoms. The second-order valence-electron chi connectivity index (χ2n) is 4.34. The van der Waals surface area contributed by atoms with Crippen LogP contribution in [0.1, 0.15) is 70.6 Å². The van der Waals surface area contributed by atoms with E-state index < -0.39 is 0 Å². The highest BCUT2D eigenvalue weighted by molar-refractivity contribution is 5.68. The van der Waals surface area contributed by atoms with Gasteiger partial charge >= 0.3 is 0 Å². The largest absolute Gasteiger partial charge is 0.0985 e. The van der Waals surface area contributed by atoms with E-state index in [1.54, 1.807) is 0 Å². The molecule has 0 aliphatic heterocycles. The number of hydrogen-bond donors (Lipinski definition) is 0. The van der Waals surface area contributed by atoms with Crippen molar-refractivity contribution in [3.8, 4) is 0 Å². The Hall–Kier alpha value is -1.30. The zero-order valence-electron chi connectivity index (χ0n) is 13.8. The third kappa shape index (κ3) is 8.42. The van der Waals surface area contributed by atoms with E-state index in [-0.39, 0.29) is 0 Å². The maximum atomic E-state index is 4.12. The standard InChI is InChI=1S/C14H18.C3H8.C2H6/c1-5-7-11(3)14-10-13(6-2)9-8-12(14)4;1-3-2;1-2/h6,8-10H,2-3,5,7H2,1,4H3;3H2,1-2H3;1-2H3. The predicted octanol–water partition coefficient (Wildman–Crippen LogP) is 6.89. The fourth-order valence-corrected chi connectivity index (χ4v) is 1.58. The van der Waals surface area contributed by atoms with Crippen LogP contribution in [0, 0.1) is 6.92 Å². The third-order valence-corrected chi connectivity index (χ3v) is 2.43. The average molecular weight is 260 g/mol. The second-order valence-corrected chi connectivity index (χ2v) is 4.34. The minimum atomic E-state index is 1.07. The summed E-state index contributed by atoms with van der Waals surface area (Å²) in [5.74, 6) is 0. The van der Waals surface area contributed by atoms with Crippen LogP contribution < -0.4 is 0 Å². The van der Waals surface area contributed by atoms with E-state index in [2.05, 4.69) is 59.1 Å². The Morgan fingerprint density at radius 1 is 1.16 bits per heavy atom. The van der Waals surface area contributed by atoms with Crippen molar-refractivity contribution in [2.24, 2.45) is 0 Å². The number of benzene rings is 1. The summed E-state index contributed by atoms with van der Waals surface area (Å²) in [7, 11) is 0. The summed E-state index contributed by atoms with van der Waals surface area (Å²) >= 11 is 0. The molecule has 0 nitrogen and oxygen atoms in total. The Labute approximate surface area is 121 Å². The first-order chi connectivity index (χ1) is 9.10. The lowest BCUT2D eigenvalue weighted by molar-refractivity contribution is 0.973. The molecule has 0 aromatic heterocycles. The highest BCUT2D eigenvalue weighted by Crippen LogP contribution is 2.23. The molecule has 0 radical (unpaired) electrons. The Balaban J connectivity index is 0. The average Bonchev–Trinajstić information content (AvgIpc) is 2.42. The van der Waals surface area contributed by atoms with E-state index in [1.165, 1.54) is 28.7 Å². The van der Waals surface area contributed by atoms with Crippen LogP contribution in [0.5, 0.6) is 0 Å². The topological polar surface area (TPSA) is 0 Å². The van der Waals surface area contributed by atoms with Crippen molar-refractivity contribution < 1.29 is 0 Å². The normalized spacial score (nSPS) is 8.53. The van der Waals surface area contributed by atoms with E-state index in [4.69, 9.17) is 0 Å². The van der Waals surface area contributed by atoms with Crippen molar-refractivity contribution in [3.63, 3.8) is 0 Å². The summed E-state index contributed by atoms with van der Waals surface area (Å²) < 4.78 is 0. The first kappa shape index (κ1) is 20.0. The molecule has 0 heteroatoms. The number of hydrogen-bond acceptors (Lipinski definition) is 0. The molecule has 0 N–H and O–H groups in total. The van der Waals surface area contributed by atoms with Gasteiger partial charge in [-0.3, -0.25) is 0 Å². The maximum Gasteiger partial charge on any atom is -0.0195 e. The fraction of sp³-hybridized carbons (Fsp3) is 0.474. The smallest absolute Gasteiger partial charge is 0.0195 e. The summed E-state index contributed by atoms with van der Waals surface area (Å²) in [5.41, 5.74) is 4.98. The van der Waals surface area contributed by atoms with Gasteiger partial charge in [0.25, 0.3) is 0 Å². The third-order valence-electron chi connectivity index (χ3n) is 2.43. The predicted molar refractivity (Wildman–Crippen MR) is 92.5 cm³/mol. The van der Waals surface area contributed by atoms with Crippen LogP contribution >= 0.6 is 0 Å². The minimum absolute atomic E-state index is 1.07. The molecule has 1 rings (SSSR count). The summed E-state index contributed by atoms with van der Waals surface area (Å²) in [6.45, 7) is 20.5. The summed E-state index contributed by atoms with van der Waals surface area (Å²) in [5, 5.41) is 0. The van der Waals surface area contributed by atoms with Crippen molar-refractivity contribution >= 4 is 11.6 Å². The van der Waals surface area contributed by atoms with Crippen LogP contribution in [-0.4, -0.2) is 0 Å². The molecule has 0 fully saturated rings. The quantitative estimate of drug-likeness (QED) is 0.552. The number of aryl methyl sites for hydroxylation is 1. The number of rotatable bonds is 4. The zero-order chi connectivity index (χ0) is 15.3. The molecule has 0 aliphatic carbocycles. The van der Waals surface area contributed by atoms with Crippen molar-refractivity contribution in [3.05, 3.63) is 48.0 Å². The van der Waals surface area contributed by atoms with Crippen molar-refractivity contribution in [1.29, 1.82) is 0 Å². The van der Waals surface area contributed by atoms with Crippen LogP contribution in [0.25, 0.3) is 11.6 Å². The van der Waals surface area contributed by atoms with E-state index in [0.29, 0.717) is 0 Å². The summed E-state index contributed by atoms with van der Waals surface area (Å²) in [4.78, 5) is 0. The first-order valence-electron chi connectivity index (χ1n) is 7.51. The molecular formula is C19H32. The lowest BCUT2D eigenvalue weighted by Crippen LogP contribution is -1.88. The van der Waals surface area contributed by atoms with Gasteiger partial charge in [0.05, 0.1) is 0 Å². The van der Waals surface area contributed by atoms with Gasteiger partial charge in [-0.2, -0.15) is 0 Å². The lowest BCUT2D eigenvalue weighted by atomic mass is 9.96. The Morgan fingerprint density at radius 2 is 1.68 bits per heavy atom. The molecule has 0 amide bonds. The minimum Gasteiger partial charge on any atom is -0.0985 e. The Kier molecular flexibility index (Phi) is 13.8. The molecule has 108 valence electrons. The van der Waals surface area contributed by atoms with Crippen LogP contribution in [0.2, 0.25) is 0 Å². The molecule has 0 aliphatic rings. The number of allylic oxidation sites excluding steroid dienone is 1. The molecule has 0 saturated carbocycles. The summed E-state index contributed by atoms with van der Waals surface area (Å²) in [6.07, 6.45) is 5.35. The van der Waals surface area contributed by atoms with Gasteiger partial charge in [0.15, 0.2) is 0 Å². The molecule has 0 spiro atoms. The lowest BCUT2D eigenvalue weighted by Gasteiger charge is -2.09. The van der Waals surface area contributed by atoms with Gasteiger partial charge in [0.2, 0.25) is 0 Å². The highest BCUT2D eigenvalue weighted by atomic mass is 14.1. The van der Waals surface area contributed by atoms with Crippen LogP contribution in [0.15, 0.2) is 31.4 Å². The van der Waals surface area contributed by atoms with Crippen LogP contribution in [0.3, 0.4) is 0 Å². The van der Waals surface area contributed by atoms with Gasteiger partial charge in [-0.25, -0.2) is 0 Å². The zero-order valence-corrected chi connectivity index (χ0v) is 13.8. The van der Waals surface area contributed by atoms with Gasteiger partial charge < -0.3 is 0 Å². The Bertz CT molecular complexity index is 358. The van der Waals surface area contributed by atoms with Crippen molar-refractivity contribution in [2.45, 2.75) is 60.8 Å². The van der Waals surface area contributed by atoms with Gasteiger partial charge in [-0.1, -0.05) is 78.8 Å². The van der Waals surface area contributed by atoms with E-state index in [9.17, 15) is 0 Å². The highest BCUT2D eigenvalue weighted by Gasteiger charge is 2.02. The van der Waals surface area contributed by atoms with Gasteiger partial charge in [0, 0.05) is 0 Å². The maximum absolute atomic E-state index is 4.12. The van der Waals surface area contributed by atoms with Gasteiger partial charge in [-0.05, 0) is 41.7 Å². The molecule has 0 atom stereocenters.